The molecule has 0 aliphatic heterocycles. The summed E-state index contributed by atoms with van der Waals surface area (Å²) >= 11 is 0. The number of ether oxygens (including phenoxy) is 1. The van der Waals surface area contributed by atoms with Crippen molar-refractivity contribution in [3.63, 3.8) is 0 Å². The molecule has 0 atom stereocenters. The summed E-state index contributed by atoms with van der Waals surface area (Å²) in [5.41, 5.74) is 9.07. The molecule has 15 heavy (non-hydrogen) atoms. The number of nitrogens with zero attached hydrogens (tertiary/aromatic N) is 2. The summed E-state index contributed by atoms with van der Waals surface area (Å²) in [6.45, 7) is 9.15. The van der Waals surface area contributed by atoms with Gasteiger partial charge in [0.05, 0.1) is 5.69 Å². The van der Waals surface area contributed by atoms with E-state index >= 15 is 0 Å². The predicted molar refractivity (Wildman–Crippen MR) is 60.7 cm³/mol. The molecular weight excluding hydrogens is 190 g/mol. The zero-order valence-corrected chi connectivity index (χ0v) is 9.92. The second-order valence-electron chi connectivity index (χ2n) is 3.63. The topological polar surface area (TPSA) is 53.1 Å². The van der Waals surface area contributed by atoms with Crippen molar-refractivity contribution in [3.8, 4) is 0 Å². The van der Waals surface area contributed by atoms with Crippen molar-refractivity contribution >= 4 is 0 Å². The van der Waals surface area contributed by atoms with Gasteiger partial charge in [-0.3, -0.25) is 4.68 Å². The van der Waals surface area contributed by atoms with E-state index in [2.05, 4.69) is 12.0 Å². The van der Waals surface area contributed by atoms with Gasteiger partial charge in [-0.05, 0) is 27.2 Å². The first-order valence-corrected chi connectivity index (χ1v) is 5.51. The Morgan fingerprint density at radius 2 is 2.13 bits per heavy atom. The highest BCUT2D eigenvalue weighted by Crippen LogP contribution is 2.12. The molecule has 1 aromatic heterocycles. The van der Waals surface area contributed by atoms with Crippen LogP contribution >= 0.6 is 0 Å². The summed E-state index contributed by atoms with van der Waals surface area (Å²) in [6.07, 6.45) is 1.000. The first-order chi connectivity index (χ1) is 7.20. The summed E-state index contributed by atoms with van der Waals surface area (Å²) in [6, 6.07) is 0. The Morgan fingerprint density at radius 3 is 2.67 bits per heavy atom. The average molecular weight is 211 g/mol. The fourth-order valence-electron chi connectivity index (χ4n) is 1.71. The molecule has 0 saturated heterocycles. The van der Waals surface area contributed by atoms with Crippen molar-refractivity contribution < 1.29 is 4.74 Å². The highest BCUT2D eigenvalue weighted by atomic mass is 16.5. The maximum Gasteiger partial charge on any atom is 0.0641 e. The van der Waals surface area contributed by atoms with Crippen LogP contribution in [0.5, 0.6) is 0 Å². The molecule has 0 aliphatic carbocycles. The lowest BCUT2D eigenvalue weighted by Gasteiger charge is -2.05. The molecule has 86 valence electrons. The van der Waals surface area contributed by atoms with E-state index in [1.54, 1.807) is 0 Å². The van der Waals surface area contributed by atoms with Crippen LogP contribution in [-0.2, 0) is 17.8 Å². The molecular formula is C11H21N3O. The molecule has 1 heterocycles. The first-order valence-electron chi connectivity index (χ1n) is 5.51. The van der Waals surface area contributed by atoms with E-state index in [1.165, 1.54) is 11.3 Å². The number of nitrogens with two attached hydrogens (primary N) is 1. The molecule has 0 aliphatic rings. The van der Waals surface area contributed by atoms with Crippen molar-refractivity contribution in [1.29, 1.82) is 0 Å². The van der Waals surface area contributed by atoms with E-state index < -0.39 is 0 Å². The smallest absolute Gasteiger partial charge is 0.0641 e. The van der Waals surface area contributed by atoms with Gasteiger partial charge in [-0.25, -0.2) is 0 Å². The lowest BCUT2D eigenvalue weighted by Crippen LogP contribution is -2.07. The summed E-state index contributed by atoms with van der Waals surface area (Å²) in [5, 5.41) is 4.46. The third-order valence-corrected chi connectivity index (χ3v) is 2.60. The molecule has 0 aromatic carbocycles. The van der Waals surface area contributed by atoms with Gasteiger partial charge in [-0.2, -0.15) is 5.10 Å². The van der Waals surface area contributed by atoms with Gasteiger partial charge in [-0.1, -0.05) is 0 Å². The average Bonchev–Trinajstić information content (AvgIpc) is 2.49. The number of aryl methyl sites for hydroxylation is 2. The Labute approximate surface area is 91.4 Å². The van der Waals surface area contributed by atoms with Crippen LogP contribution in [0.4, 0.5) is 0 Å². The van der Waals surface area contributed by atoms with Gasteiger partial charge in [0.25, 0.3) is 0 Å². The van der Waals surface area contributed by atoms with Gasteiger partial charge in [0.15, 0.2) is 0 Å². The molecule has 2 N–H and O–H groups in total. The summed E-state index contributed by atoms with van der Waals surface area (Å²) in [4.78, 5) is 0. The van der Waals surface area contributed by atoms with Gasteiger partial charge >= 0.3 is 0 Å². The summed E-state index contributed by atoms with van der Waals surface area (Å²) in [5.74, 6) is 0. The van der Waals surface area contributed by atoms with E-state index in [1.807, 2.05) is 18.5 Å². The van der Waals surface area contributed by atoms with E-state index in [0.29, 0.717) is 6.54 Å². The van der Waals surface area contributed by atoms with Crippen LogP contribution in [0.3, 0.4) is 0 Å². The fourth-order valence-corrected chi connectivity index (χ4v) is 1.71. The van der Waals surface area contributed by atoms with Crippen molar-refractivity contribution in [2.75, 3.05) is 13.2 Å². The Bertz CT molecular complexity index is 307. The SMILES string of the molecule is CCOCCCn1nc(C)c(CN)c1C. The van der Waals surface area contributed by atoms with Crippen LogP contribution in [0.25, 0.3) is 0 Å². The molecule has 0 unspecified atom stereocenters. The quantitative estimate of drug-likeness (QED) is 0.723. The van der Waals surface area contributed by atoms with Crippen molar-refractivity contribution in [3.05, 3.63) is 17.0 Å². The third-order valence-electron chi connectivity index (χ3n) is 2.60. The zero-order valence-electron chi connectivity index (χ0n) is 9.92. The van der Waals surface area contributed by atoms with Crippen molar-refractivity contribution in [2.45, 2.75) is 40.3 Å². The van der Waals surface area contributed by atoms with Gasteiger partial charge < -0.3 is 10.5 Å². The normalized spacial score (nSPS) is 10.9. The highest BCUT2D eigenvalue weighted by Gasteiger charge is 2.08. The van der Waals surface area contributed by atoms with E-state index in [4.69, 9.17) is 10.5 Å². The van der Waals surface area contributed by atoms with E-state index in [-0.39, 0.29) is 0 Å². The monoisotopic (exact) mass is 211 g/mol. The Morgan fingerprint density at radius 1 is 1.40 bits per heavy atom. The van der Waals surface area contributed by atoms with E-state index in [0.717, 1.165) is 31.9 Å². The maximum absolute atomic E-state index is 5.66. The zero-order chi connectivity index (χ0) is 11.3. The molecule has 0 spiro atoms. The number of rotatable bonds is 6. The van der Waals surface area contributed by atoms with E-state index in [9.17, 15) is 0 Å². The number of hydrogen-bond acceptors (Lipinski definition) is 3. The molecule has 0 amide bonds. The molecule has 4 nitrogen and oxygen atoms in total. The van der Waals surface area contributed by atoms with Gasteiger partial charge in [0.1, 0.15) is 0 Å². The largest absolute Gasteiger partial charge is 0.382 e. The summed E-state index contributed by atoms with van der Waals surface area (Å²) < 4.78 is 7.32. The third kappa shape index (κ3) is 3.04. The molecule has 1 aromatic rings. The Hall–Kier alpha value is -0.870. The van der Waals surface area contributed by atoms with Crippen LogP contribution in [-0.4, -0.2) is 23.0 Å². The predicted octanol–water partition coefficient (Wildman–Crippen LogP) is 1.39. The highest BCUT2D eigenvalue weighted by molar-refractivity contribution is 5.23. The molecule has 0 bridgehead atoms. The Balaban J connectivity index is 2.54. The lowest BCUT2D eigenvalue weighted by atomic mass is 10.2. The fraction of sp³-hybridized carbons (Fsp3) is 0.727. The number of aromatic nitrogens is 2. The van der Waals surface area contributed by atoms with Crippen molar-refractivity contribution in [2.24, 2.45) is 5.73 Å². The van der Waals surface area contributed by atoms with Crippen LogP contribution in [0, 0.1) is 13.8 Å². The van der Waals surface area contributed by atoms with Crippen molar-refractivity contribution in [1.82, 2.24) is 9.78 Å². The minimum Gasteiger partial charge on any atom is -0.382 e. The van der Waals surface area contributed by atoms with Gasteiger partial charge in [0, 0.05) is 37.6 Å². The summed E-state index contributed by atoms with van der Waals surface area (Å²) in [7, 11) is 0. The molecule has 0 saturated carbocycles. The van der Waals surface area contributed by atoms with Crippen LogP contribution < -0.4 is 5.73 Å². The van der Waals surface area contributed by atoms with Crippen LogP contribution in [0.2, 0.25) is 0 Å². The number of hydrogen-bond donors (Lipinski definition) is 1. The maximum atomic E-state index is 5.66. The lowest BCUT2D eigenvalue weighted by molar-refractivity contribution is 0.140. The molecule has 1 rings (SSSR count). The first kappa shape index (κ1) is 12.2. The van der Waals surface area contributed by atoms with Gasteiger partial charge in [0.2, 0.25) is 0 Å². The second-order valence-corrected chi connectivity index (χ2v) is 3.63. The van der Waals surface area contributed by atoms with Crippen LogP contribution in [0.15, 0.2) is 0 Å². The van der Waals surface area contributed by atoms with Gasteiger partial charge in [-0.15, -0.1) is 0 Å². The standard InChI is InChI=1S/C11H21N3O/c1-4-15-7-5-6-14-10(3)11(8-12)9(2)13-14/h4-8,12H2,1-3H3. The molecule has 0 radical (unpaired) electrons. The molecule has 4 heteroatoms. The second kappa shape index (κ2) is 5.88. The van der Waals surface area contributed by atoms with Crippen LogP contribution in [0.1, 0.15) is 30.3 Å². The molecule has 0 fully saturated rings. The minimum atomic E-state index is 0.573. The minimum absolute atomic E-state index is 0.573. The Kier molecular flexibility index (Phi) is 4.78.